The van der Waals surface area contributed by atoms with Gasteiger partial charge in [-0.3, -0.25) is 14.6 Å². The van der Waals surface area contributed by atoms with Crippen molar-refractivity contribution in [2.75, 3.05) is 5.32 Å². The van der Waals surface area contributed by atoms with Gasteiger partial charge in [-0.2, -0.15) is 0 Å². The first-order valence-electron chi connectivity index (χ1n) is 10.9. The molecule has 1 aliphatic heterocycles. The van der Waals surface area contributed by atoms with Crippen molar-refractivity contribution >= 4 is 23.2 Å². The van der Waals surface area contributed by atoms with Crippen molar-refractivity contribution in [1.29, 1.82) is 0 Å². The first-order valence-corrected chi connectivity index (χ1v) is 10.9. The van der Waals surface area contributed by atoms with Gasteiger partial charge in [0.15, 0.2) is 5.82 Å². The smallest absolute Gasteiger partial charge is 0.262 e. The predicted octanol–water partition coefficient (Wildman–Crippen LogP) is 4.45. The lowest BCUT2D eigenvalue weighted by molar-refractivity contribution is -0.126. The standard InChI is InChI=1S/C25H20F2N4O3/c1-13-8-9-14(24-23-19(32)6-3-7-20(23)34-31-24)10-15(13)18-11-29-21(12-28-18)30-25(33)22-16(26)4-2-5-17(22)27/h2,4-5,8-12,20,23H,3,6-7H2,1H3,(H,29,30,33). The minimum Gasteiger partial charge on any atom is -0.391 e. The normalized spacial score (nSPS) is 19.3. The summed E-state index contributed by atoms with van der Waals surface area (Å²) in [5.74, 6) is -3.05. The van der Waals surface area contributed by atoms with Gasteiger partial charge in [0.05, 0.1) is 18.1 Å². The van der Waals surface area contributed by atoms with E-state index in [1.54, 1.807) is 0 Å². The third-order valence-electron chi connectivity index (χ3n) is 6.10. The number of aryl methyl sites for hydroxylation is 1. The topological polar surface area (TPSA) is 93.5 Å². The van der Waals surface area contributed by atoms with Crippen LogP contribution in [0.2, 0.25) is 0 Å². The number of nitrogens with zero attached hydrogens (tertiary/aromatic N) is 3. The lowest BCUT2D eigenvalue weighted by atomic mass is 9.80. The second kappa shape index (κ2) is 8.74. The Balaban J connectivity index is 1.39. The van der Waals surface area contributed by atoms with Crippen LogP contribution in [0.3, 0.4) is 0 Å². The number of aromatic nitrogens is 2. The molecule has 2 unspecified atom stereocenters. The van der Waals surface area contributed by atoms with E-state index in [4.69, 9.17) is 4.84 Å². The lowest BCUT2D eigenvalue weighted by Gasteiger charge is -2.22. The first kappa shape index (κ1) is 21.8. The molecule has 1 aliphatic carbocycles. The number of carbonyl (C=O) groups is 2. The number of benzene rings is 2. The SMILES string of the molecule is Cc1ccc(C2=NOC3CCCC(=O)C23)cc1-c1cnc(NC(=O)c2c(F)cccc2F)cn1. The largest absolute Gasteiger partial charge is 0.391 e. The van der Waals surface area contributed by atoms with Crippen molar-refractivity contribution in [2.45, 2.75) is 32.3 Å². The van der Waals surface area contributed by atoms with E-state index in [0.717, 1.165) is 41.7 Å². The van der Waals surface area contributed by atoms with E-state index in [2.05, 4.69) is 20.4 Å². The summed E-state index contributed by atoms with van der Waals surface area (Å²) in [5, 5.41) is 6.57. The van der Waals surface area contributed by atoms with Gasteiger partial charge in [0.25, 0.3) is 5.91 Å². The highest BCUT2D eigenvalue weighted by Crippen LogP contribution is 2.34. The molecule has 1 amide bonds. The third-order valence-corrected chi connectivity index (χ3v) is 6.10. The van der Waals surface area contributed by atoms with Gasteiger partial charge in [-0.1, -0.05) is 23.4 Å². The molecule has 2 atom stereocenters. The molecule has 0 spiro atoms. The zero-order valence-electron chi connectivity index (χ0n) is 18.2. The Kier molecular flexibility index (Phi) is 5.61. The van der Waals surface area contributed by atoms with Crippen LogP contribution in [0.4, 0.5) is 14.6 Å². The number of Topliss-reactive ketones (excluding diaryl/α,β-unsaturated/α-hetero) is 1. The highest BCUT2D eigenvalue weighted by atomic mass is 19.1. The maximum absolute atomic E-state index is 13.9. The summed E-state index contributed by atoms with van der Waals surface area (Å²) in [7, 11) is 0. The Bertz CT molecular complexity index is 1300. The maximum atomic E-state index is 13.9. The molecule has 5 rings (SSSR count). The summed E-state index contributed by atoms with van der Waals surface area (Å²) in [6, 6.07) is 8.89. The molecule has 1 saturated carbocycles. The fourth-order valence-electron chi connectivity index (χ4n) is 4.35. The molecule has 2 aliphatic rings. The average molecular weight is 462 g/mol. The zero-order chi connectivity index (χ0) is 23.8. The Morgan fingerprint density at radius 2 is 1.91 bits per heavy atom. The molecule has 9 heteroatoms. The highest BCUT2D eigenvalue weighted by Gasteiger charge is 2.42. The molecule has 7 nitrogen and oxygen atoms in total. The fraction of sp³-hybridized carbons (Fsp3) is 0.240. The summed E-state index contributed by atoms with van der Waals surface area (Å²) >= 11 is 0. The number of oxime groups is 1. The van der Waals surface area contributed by atoms with Gasteiger partial charge in [-0.15, -0.1) is 0 Å². The number of ketones is 1. The number of anilines is 1. The number of carbonyl (C=O) groups excluding carboxylic acids is 2. The van der Waals surface area contributed by atoms with Crippen LogP contribution in [-0.2, 0) is 9.63 Å². The summed E-state index contributed by atoms with van der Waals surface area (Å²) in [4.78, 5) is 38.8. The van der Waals surface area contributed by atoms with E-state index >= 15 is 0 Å². The highest BCUT2D eigenvalue weighted by molar-refractivity contribution is 6.15. The van der Waals surface area contributed by atoms with E-state index in [1.807, 2.05) is 25.1 Å². The van der Waals surface area contributed by atoms with Crippen LogP contribution in [0.5, 0.6) is 0 Å². The predicted molar refractivity (Wildman–Crippen MR) is 120 cm³/mol. The van der Waals surface area contributed by atoms with Crippen molar-refractivity contribution in [3.8, 4) is 11.3 Å². The molecule has 0 saturated heterocycles. The Labute approximate surface area is 193 Å². The summed E-state index contributed by atoms with van der Waals surface area (Å²) in [6.07, 6.45) is 4.71. The molecule has 0 bridgehead atoms. The molecule has 1 fully saturated rings. The van der Waals surface area contributed by atoms with Crippen molar-refractivity contribution in [3.05, 3.63) is 77.1 Å². The lowest BCUT2D eigenvalue weighted by Crippen LogP contribution is -2.35. The fourth-order valence-corrected chi connectivity index (χ4v) is 4.35. The average Bonchev–Trinajstić information content (AvgIpc) is 3.26. The van der Waals surface area contributed by atoms with Gasteiger partial charge >= 0.3 is 0 Å². The van der Waals surface area contributed by atoms with E-state index in [9.17, 15) is 18.4 Å². The second-order valence-corrected chi connectivity index (χ2v) is 8.32. The van der Waals surface area contributed by atoms with Crippen molar-refractivity contribution in [1.82, 2.24) is 9.97 Å². The molecular weight excluding hydrogens is 442 g/mol. The molecule has 1 N–H and O–H groups in total. The van der Waals surface area contributed by atoms with E-state index < -0.39 is 23.1 Å². The number of rotatable bonds is 4. The minimum atomic E-state index is -0.966. The van der Waals surface area contributed by atoms with Crippen LogP contribution in [-0.4, -0.2) is 33.5 Å². The van der Waals surface area contributed by atoms with Gasteiger partial charge < -0.3 is 10.2 Å². The Morgan fingerprint density at radius 3 is 2.65 bits per heavy atom. The van der Waals surface area contributed by atoms with E-state index in [0.29, 0.717) is 17.8 Å². The Morgan fingerprint density at radius 1 is 1.12 bits per heavy atom. The zero-order valence-corrected chi connectivity index (χ0v) is 18.2. The summed E-state index contributed by atoms with van der Waals surface area (Å²) < 4.78 is 27.7. The molecule has 1 aromatic heterocycles. The summed E-state index contributed by atoms with van der Waals surface area (Å²) in [5.41, 5.74) is 2.94. The van der Waals surface area contributed by atoms with Crippen LogP contribution in [0.15, 0.2) is 53.9 Å². The van der Waals surface area contributed by atoms with E-state index in [-0.39, 0.29) is 23.6 Å². The van der Waals surface area contributed by atoms with Crippen LogP contribution >= 0.6 is 0 Å². The summed E-state index contributed by atoms with van der Waals surface area (Å²) in [6.45, 7) is 1.92. The quantitative estimate of drug-likeness (QED) is 0.618. The monoisotopic (exact) mass is 462 g/mol. The molecule has 0 radical (unpaired) electrons. The van der Waals surface area contributed by atoms with Gasteiger partial charge in [-0.05, 0) is 43.5 Å². The maximum Gasteiger partial charge on any atom is 0.262 e. The Hall–Kier alpha value is -4.01. The number of hydrogen-bond donors (Lipinski definition) is 1. The first-order chi connectivity index (χ1) is 16.4. The number of nitrogens with one attached hydrogen (secondary N) is 1. The van der Waals surface area contributed by atoms with Gasteiger partial charge in [0.1, 0.15) is 40.7 Å². The van der Waals surface area contributed by atoms with Crippen molar-refractivity contribution in [2.24, 2.45) is 11.1 Å². The number of amides is 1. The molecule has 2 aromatic carbocycles. The van der Waals surface area contributed by atoms with Crippen LogP contribution in [0.1, 0.15) is 40.7 Å². The van der Waals surface area contributed by atoms with E-state index in [1.165, 1.54) is 18.5 Å². The van der Waals surface area contributed by atoms with Gasteiger partial charge in [0.2, 0.25) is 0 Å². The molecule has 2 heterocycles. The van der Waals surface area contributed by atoms with Crippen LogP contribution in [0, 0.1) is 24.5 Å². The molecule has 3 aromatic rings. The number of hydrogen-bond acceptors (Lipinski definition) is 6. The van der Waals surface area contributed by atoms with Gasteiger partial charge in [0, 0.05) is 17.5 Å². The minimum absolute atomic E-state index is 0.0504. The van der Waals surface area contributed by atoms with Crippen molar-refractivity contribution in [3.63, 3.8) is 0 Å². The second-order valence-electron chi connectivity index (χ2n) is 8.32. The van der Waals surface area contributed by atoms with Gasteiger partial charge in [-0.25, -0.2) is 13.8 Å². The van der Waals surface area contributed by atoms with Crippen LogP contribution in [0.25, 0.3) is 11.3 Å². The molecule has 172 valence electrons. The van der Waals surface area contributed by atoms with Crippen molar-refractivity contribution < 1.29 is 23.2 Å². The van der Waals surface area contributed by atoms with Crippen LogP contribution < -0.4 is 5.32 Å². The molecular formula is C25H20F2N4O3. The number of halogens is 2. The third kappa shape index (κ3) is 3.93. The number of fused-ring (bicyclic) bond motifs is 1. The molecule has 34 heavy (non-hydrogen) atoms.